The second kappa shape index (κ2) is 10.1. The largest absolute Gasteiger partial charge is 0.383 e. The molecule has 0 fully saturated rings. The van der Waals surface area contributed by atoms with Gasteiger partial charge >= 0.3 is 0 Å². The zero-order valence-electron chi connectivity index (χ0n) is 18.8. The molecule has 6 nitrogen and oxygen atoms in total. The van der Waals surface area contributed by atoms with Gasteiger partial charge in [-0.2, -0.15) is 4.98 Å². The van der Waals surface area contributed by atoms with Crippen molar-refractivity contribution >= 4 is 45.5 Å². The van der Waals surface area contributed by atoms with E-state index in [-0.39, 0.29) is 11.5 Å². The number of hydrogen-bond donors (Lipinski definition) is 2. The van der Waals surface area contributed by atoms with Gasteiger partial charge in [0, 0.05) is 22.5 Å². The molecule has 5 rings (SSSR count). The van der Waals surface area contributed by atoms with Gasteiger partial charge in [-0.1, -0.05) is 48.9 Å². The van der Waals surface area contributed by atoms with Crippen molar-refractivity contribution in [2.75, 3.05) is 11.5 Å². The second-order valence-corrected chi connectivity index (χ2v) is 9.00. The van der Waals surface area contributed by atoms with E-state index in [2.05, 4.69) is 21.4 Å². The summed E-state index contributed by atoms with van der Waals surface area (Å²) in [5.74, 6) is 0.638. The fourth-order valence-corrected chi connectivity index (χ4v) is 4.85. The molecule has 0 aliphatic carbocycles. The van der Waals surface area contributed by atoms with Crippen molar-refractivity contribution in [3.8, 4) is 16.1 Å². The van der Waals surface area contributed by atoms with Gasteiger partial charge in [0.25, 0.3) is 5.56 Å². The molecule has 2 aromatic carbocycles. The zero-order valence-corrected chi connectivity index (χ0v) is 20.4. The van der Waals surface area contributed by atoms with Crippen LogP contribution >= 0.6 is 22.9 Å². The average Bonchev–Trinajstić information content (AvgIpc) is 3.25. The molecule has 0 atom stereocenters. The van der Waals surface area contributed by atoms with Crippen LogP contribution in [0, 0.1) is 6.92 Å². The van der Waals surface area contributed by atoms with Crippen LogP contribution in [0.2, 0.25) is 5.02 Å². The van der Waals surface area contributed by atoms with Gasteiger partial charge in [0.15, 0.2) is 0 Å². The third-order valence-corrected chi connectivity index (χ3v) is 6.68. The van der Waals surface area contributed by atoms with Crippen molar-refractivity contribution in [1.29, 1.82) is 0 Å². The molecule has 0 bridgehead atoms. The Hall–Kier alpha value is -3.68. The number of nitrogens with zero attached hydrogens (tertiary/aromatic N) is 3. The summed E-state index contributed by atoms with van der Waals surface area (Å²) in [6.07, 6.45) is 2.44. The predicted molar refractivity (Wildman–Crippen MR) is 143 cm³/mol. The molecule has 0 unspecified atom stereocenters. The number of aromatic nitrogens is 3. The molecule has 0 aliphatic heterocycles. The number of rotatable bonds is 3. The summed E-state index contributed by atoms with van der Waals surface area (Å²) in [7, 11) is 0. The van der Waals surface area contributed by atoms with Crippen LogP contribution in [-0.2, 0) is 6.42 Å². The fourth-order valence-electron chi connectivity index (χ4n) is 3.66. The lowest BCUT2D eigenvalue weighted by Gasteiger charge is -2.14. The molecule has 34 heavy (non-hydrogen) atoms. The maximum atomic E-state index is 12.8. The highest BCUT2D eigenvalue weighted by molar-refractivity contribution is 7.13. The predicted octanol–water partition coefficient (Wildman–Crippen LogP) is 5.88. The van der Waals surface area contributed by atoms with Crippen LogP contribution in [0.4, 0.5) is 11.8 Å². The SMILES string of the molecule is CCc1cc2cccc(Cl)c2c(=O)n1-c1ccccc1.Cc1csc(-c2cnc(N)nc2N)c1. The molecule has 4 N–H and O–H groups in total. The third kappa shape index (κ3) is 4.81. The molecule has 0 radical (unpaired) electrons. The molecule has 172 valence electrons. The number of pyridine rings is 1. The van der Waals surface area contributed by atoms with Crippen LogP contribution in [0.25, 0.3) is 26.9 Å². The number of aryl methyl sites for hydroxylation is 2. The number of anilines is 2. The minimum Gasteiger partial charge on any atom is -0.383 e. The molecule has 0 amide bonds. The van der Waals surface area contributed by atoms with Gasteiger partial charge in [-0.15, -0.1) is 11.3 Å². The summed E-state index contributed by atoms with van der Waals surface area (Å²) < 4.78 is 1.74. The van der Waals surface area contributed by atoms with E-state index >= 15 is 0 Å². The molecule has 0 saturated carbocycles. The van der Waals surface area contributed by atoms with E-state index in [4.69, 9.17) is 23.1 Å². The molecule has 0 aliphatic rings. The highest BCUT2D eigenvalue weighted by Gasteiger charge is 2.12. The maximum Gasteiger partial charge on any atom is 0.264 e. The molecule has 3 aromatic heterocycles. The molecule has 0 spiro atoms. The summed E-state index contributed by atoms with van der Waals surface area (Å²) in [6.45, 7) is 4.08. The van der Waals surface area contributed by atoms with Crippen molar-refractivity contribution in [1.82, 2.24) is 14.5 Å². The topological polar surface area (TPSA) is 99.8 Å². The first kappa shape index (κ1) is 23.5. The Bertz CT molecular complexity index is 1510. The second-order valence-electron chi connectivity index (χ2n) is 7.68. The van der Waals surface area contributed by atoms with Gasteiger partial charge in [-0.25, -0.2) is 4.98 Å². The first-order chi connectivity index (χ1) is 16.4. The van der Waals surface area contributed by atoms with Crippen LogP contribution in [0.1, 0.15) is 18.2 Å². The lowest BCUT2D eigenvalue weighted by Crippen LogP contribution is -2.22. The van der Waals surface area contributed by atoms with Crippen LogP contribution < -0.4 is 17.0 Å². The van der Waals surface area contributed by atoms with E-state index in [1.54, 1.807) is 28.2 Å². The standard InChI is InChI=1S/C17H14ClNO.C9H10N4S/c1-2-13-11-12-7-6-10-15(18)16(12)17(20)19(13)14-8-4-3-5-9-14;1-5-2-7(14-4-5)6-3-12-9(11)13-8(6)10/h3-11H,2H2,1H3;2-4H,1H3,(H4,10,11,12,13). The Morgan fingerprint density at radius 1 is 1.06 bits per heavy atom. The van der Waals surface area contributed by atoms with E-state index in [1.165, 1.54) is 5.56 Å². The third-order valence-electron chi connectivity index (χ3n) is 5.28. The van der Waals surface area contributed by atoms with Crippen molar-refractivity contribution < 1.29 is 0 Å². The molecule has 8 heteroatoms. The van der Waals surface area contributed by atoms with Gasteiger partial charge in [0.2, 0.25) is 5.95 Å². The van der Waals surface area contributed by atoms with Gasteiger partial charge < -0.3 is 11.5 Å². The number of fused-ring (bicyclic) bond motifs is 1. The first-order valence-corrected chi connectivity index (χ1v) is 12.0. The van der Waals surface area contributed by atoms with Crippen molar-refractivity contribution in [2.24, 2.45) is 0 Å². The zero-order chi connectivity index (χ0) is 24.2. The number of nitrogen functional groups attached to an aromatic ring is 2. The number of para-hydroxylation sites is 1. The van der Waals surface area contributed by atoms with Crippen LogP contribution in [0.5, 0.6) is 0 Å². The summed E-state index contributed by atoms with van der Waals surface area (Å²) in [6, 6.07) is 19.3. The quantitative estimate of drug-likeness (QED) is 0.329. The number of nitrogens with two attached hydrogens (primary N) is 2. The summed E-state index contributed by atoms with van der Waals surface area (Å²) >= 11 is 7.83. The Balaban J connectivity index is 0.000000172. The van der Waals surface area contributed by atoms with Crippen LogP contribution in [0.15, 0.2) is 77.0 Å². The lowest BCUT2D eigenvalue weighted by atomic mass is 10.1. The van der Waals surface area contributed by atoms with Crippen molar-refractivity contribution in [3.63, 3.8) is 0 Å². The van der Waals surface area contributed by atoms with Gasteiger partial charge in [0.1, 0.15) is 5.82 Å². The average molecular weight is 490 g/mol. The van der Waals surface area contributed by atoms with Gasteiger partial charge in [-0.3, -0.25) is 9.36 Å². The highest BCUT2D eigenvalue weighted by Crippen LogP contribution is 2.30. The summed E-state index contributed by atoms with van der Waals surface area (Å²) in [5, 5.41) is 4.03. The molecular weight excluding hydrogens is 466 g/mol. The minimum atomic E-state index is -0.0591. The van der Waals surface area contributed by atoms with Crippen molar-refractivity contribution in [2.45, 2.75) is 20.3 Å². The highest BCUT2D eigenvalue weighted by atomic mass is 35.5. The molecule has 5 aromatic rings. The summed E-state index contributed by atoms with van der Waals surface area (Å²) in [4.78, 5) is 21.7. The number of thiophene rings is 1. The minimum absolute atomic E-state index is 0.0591. The molecule has 3 heterocycles. The van der Waals surface area contributed by atoms with E-state index in [1.807, 2.05) is 62.4 Å². The molecular formula is C26H24ClN5OS. The van der Waals surface area contributed by atoms with E-state index in [0.29, 0.717) is 16.2 Å². The molecule has 0 saturated heterocycles. The smallest absolute Gasteiger partial charge is 0.264 e. The van der Waals surface area contributed by atoms with Gasteiger partial charge in [-0.05, 0) is 60.0 Å². The van der Waals surface area contributed by atoms with E-state index in [9.17, 15) is 4.79 Å². The van der Waals surface area contributed by atoms with Gasteiger partial charge in [0.05, 0.1) is 16.0 Å². The Morgan fingerprint density at radius 2 is 1.82 bits per heavy atom. The lowest BCUT2D eigenvalue weighted by molar-refractivity contribution is 0.889. The van der Waals surface area contributed by atoms with Crippen LogP contribution in [-0.4, -0.2) is 14.5 Å². The Labute approximate surface area is 206 Å². The first-order valence-electron chi connectivity index (χ1n) is 10.7. The number of benzene rings is 2. The maximum absolute atomic E-state index is 12.8. The monoisotopic (exact) mass is 489 g/mol. The summed E-state index contributed by atoms with van der Waals surface area (Å²) in [5.41, 5.74) is 15.0. The van der Waals surface area contributed by atoms with Crippen molar-refractivity contribution in [3.05, 3.63) is 98.9 Å². The van der Waals surface area contributed by atoms with E-state index in [0.717, 1.165) is 33.6 Å². The normalized spacial score (nSPS) is 10.7. The van der Waals surface area contributed by atoms with E-state index < -0.39 is 0 Å². The van der Waals surface area contributed by atoms with Crippen LogP contribution in [0.3, 0.4) is 0 Å². The Morgan fingerprint density at radius 3 is 2.47 bits per heavy atom. The number of halogens is 1. The Kier molecular flexibility index (Phi) is 6.95. The fraction of sp³-hybridized carbons (Fsp3) is 0.115. The number of hydrogen-bond acceptors (Lipinski definition) is 6.